The van der Waals surface area contributed by atoms with Crippen LogP contribution < -0.4 is 11.1 Å². The molecule has 0 atom stereocenters. The number of anilines is 3. The van der Waals surface area contributed by atoms with Gasteiger partial charge in [-0.1, -0.05) is 23.2 Å². The maximum Gasteiger partial charge on any atom is 0.132 e. The van der Waals surface area contributed by atoms with Crippen molar-refractivity contribution >= 4 is 40.4 Å². The number of nitrogens with one attached hydrogen (secondary N) is 1. The van der Waals surface area contributed by atoms with Crippen molar-refractivity contribution in [2.24, 2.45) is 0 Å². The van der Waals surface area contributed by atoms with E-state index in [0.29, 0.717) is 21.6 Å². The van der Waals surface area contributed by atoms with E-state index in [-0.39, 0.29) is 0 Å². The molecular weight excluding hydrogens is 245 g/mol. The SMILES string of the molecule is Nc1ccnc(Nc2ccc(Cl)c(Cl)c2)c1. The fraction of sp³-hybridized carbons (Fsp3) is 0. The summed E-state index contributed by atoms with van der Waals surface area (Å²) in [5.74, 6) is 0.665. The number of nitrogens with two attached hydrogens (primary N) is 1. The molecule has 2 aromatic rings. The van der Waals surface area contributed by atoms with Crippen LogP contribution in [0.15, 0.2) is 36.5 Å². The van der Waals surface area contributed by atoms with Gasteiger partial charge in [-0.3, -0.25) is 0 Å². The Hall–Kier alpha value is -1.45. The van der Waals surface area contributed by atoms with Crippen molar-refractivity contribution in [1.29, 1.82) is 0 Å². The molecule has 0 amide bonds. The van der Waals surface area contributed by atoms with Gasteiger partial charge in [0, 0.05) is 23.6 Å². The average molecular weight is 254 g/mol. The van der Waals surface area contributed by atoms with Crippen molar-refractivity contribution in [1.82, 2.24) is 4.98 Å². The third-order valence-electron chi connectivity index (χ3n) is 1.98. The van der Waals surface area contributed by atoms with E-state index >= 15 is 0 Å². The highest BCUT2D eigenvalue weighted by Crippen LogP contribution is 2.26. The van der Waals surface area contributed by atoms with E-state index in [1.807, 2.05) is 6.07 Å². The second kappa shape index (κ2) is 4.60. The number of nitrogens with zero attached hydrogens (tertiary/aromatic N) is 1. The van der Waals surface area contributed by atoms with E-state index in [1.165, 1.54) is 0 Å². The zero-order valence-corrected chi connectivity index (χ0v) is 9.76. The summed E-state index contributed by atoms with van der Waals surface area (Å²) in [4.78, 5) is 4.12. The third-order valence-corrected chi connectivity index (χ3v) is 2.72. The van der Waals surface area contributed by atoms with Crippen LogP contribution in [-0.2, 0) is 0 Å². The van der Waals surface area contributed by atoms with Crippen LogP contribution in [0.25, 0.3) is 0 Å². The molecule has 0 saturated heterocycles. The highest BCUT2D eigenvalue weighted by atomic mass is 35.5. The fourth-order valence-electron chi connectivity index (χ4n) is 1.24. The van der Waals surface area contributed by atoms with Crippen LogP contribution in [0.3, 0.4) is 0 Å². The second-order valence-corrected chi connectivity index (χ2v) is 4.04. The number of hydrogen-bond acceptors (Lipinski definition) is 3. The normalized spacial score (nSPS) is 10.1. The second-order valence-electron chi connectivity index (χ2n) is 3.23. The largest absolute Gasteiger partial charge is 0.399 e. The summed E-state index contributed by atoms with van der Waals surface area (Å²) in [5.41, 5.74) is 7.10. The van der Waals surface area contributed by atoms with Gasteiger partial charge in [-0.15, -0.1) is 0 Å². The fourth-order valence-corrected chi connectivity index (χ4v) is 1.54. The van der Waals surface area contributed by atoms with Gasteiger partial charge >= 0.3 is 0 Å². The molecule has 0 aliphatic carbocycles. The lowest BCUT2D eigenvalue weighted by Crippen LogP contribution is -1.94. The minimum Gasteiger partial charge on any atom is -0.399 e. The minimum atomic E-state index is 0.496. The van der Waals surface area contributed by atoms with E-state index in [4.69, 9.17) is 28.9 Å². The van der Waals surface area contributed by atoms with Gasteiger partial charge in [0.05, 0.1) is 10.0 Å². The van der Waals surface area contributed by atoms with Crippen LogP contribution in [0, 0.1) is 0 Å². The molecule has 0 saturated carbocycles. The monoisotopic (exact) mass is 253 g/mol. The van der Waals surface area contributed by atoms with Crippen LogP contribution in [0.4, 0.5) is 17.2 Å². The van der Waals surface area contributed by atoms with E-state index < -0.39 is 0 Å². The van der Waals surface area contributed by atoms with Crippen molar-refractivity contribution in [3.8, 4) is 0 Å². The Bertz CT molecular complexity index is 514. The standard InChI is InChI=1S/C11H9Cl2N3/c12-9-2-1-8(6-10(9)13)16-11-5-7(14)3-4-15-11/h1-6H,(H3,14,15,16). The zero-order valence-electron chi connectivity index (χ0n) is 8.24. The lowest BCUT2D eigenvalue weighted by atomic mass is 10.3. The van der Waals surface area contributed by atoms with Gasteiger partial charge in [-0.2, -0.15) is 0 Å². The zero-order chi connectivity index (χ0) is 11.5. The number of hydrogen-bond donors (Lipinski definition) is 2. The number of rotatable bonds is 2. The molecule has 0 aliphatic rings. The number of nitrogen functional groups attached to an aromatic ring is 1. The Morgan fingerprint density at radius 3 is 2.56 bits per heavy atom. The molecule has 1 aromatic heterocycles. The highest BCUT2D eigenvalue weighted by Gasteiger charge is 2.00. The summed E-state index contributed by atoms with van der Waals surface area (Å²) >= 11 is 11.7. The number of halogens is 2. The Morgan fingerprint density at radius 2 is 1.88 bits per heavy atom. The Balaban J connectivity index is 2.24. The predicted octanol–water partition coefficient (Wildman–Crippen LogP) is 3.71. The van der Waals surface area contributed by atoms with Gasteiger partial charge in [0.25, 0.3) is 0 Å². The maximum atomic E-state index is 5.89. The molecule has 2 rings (SSSR count). The molecule has 1 heterocycles. The van der Waals surface area contributed by atoms with Crippen LogP contribution in [0.1, 0.15) is 0 Å². The molecule has 16 heavy (non-hydrogen) atoms. The molecular formula is C11H9Cl2N3. The van der Waals surface area contributed by atoms with Gasteiger partial charge in [0.15, 0.2) is 0 Å². The van der Waals surface area contributed by atoms with Crippen LogP contribution >= 0.6 is 23.2 Å². The highest BCUT2D eigenvalue weighted by molar-refractivity contribution is 6.42. The van der Waals surface area contributed by atoms with Gasteiger partial charge in [0.2, 0.25) is 0 Å². The van der Waals surface area contributed by atoms with E-state index in [1.54, 1.807) is 30.5 Å². The van der Waals surface area contributed by atoms with Crippen molar-refractivity contribution in [3.05, 3.63) is 46.6 Å². The summed E-state index contributed by atoms with van der Waals surface area (Å²) in [7, 11) is 0. The molecule has 1 aromatic carbocycles. The third kappa shape index (κ3) is 2.56. The van der Waals surface area contributed by atoms with Crippen molar-refractivity contribution < 1.29 is 0 Å². The molecule has 3 N–H and O–H groups in total. The summed E-state index contributed by atoms with van der Waals surface area (Å²) in [6, 6.07) is 8.73. The Kier molecular flexibility index (Phi) is 3.17. The van der Waals surface area contributed by atoms with Gasteiger partial charge in [0.1, 0.15) is 5.82 Å². The average Bonchev–Trinajstić information content (AvgIpc) is 2.24. The van der Waals surface area contributed by atoms with E-state index in [0.717, 1.165) is 5.69 Å². The molecule has 0 radical (unpaired) electrons. The topological polar surface area (TPSA) is 50.9 Å². The molecule has 82 valence electrons. The minimum absolute atomic E-state index is 0.496. The van der Waals surface area contributed by atoms with E-state index in [9.17, 15) is 0 Å². The molecule has 3 nitrogen and oxygen atoms in total. The predicted molar refractivity (Wildman–Crippen MR) is 68.4 cm³/mol. The lowest BCUT2D eigenvalue weighted by Gasteiger charge is -2.06. The molecule has 0 bridgehead atoms. The number of pyridine rings is 1. The molecule has 0 unspecified atom stereocenters. The molecule has 5 heteroatoms. The quantitative estimate of drug-likeness (QED) is 0.858. The summed E-state index contributed by atoms with van der Waals surface area (Å²) in [6.07, 6.45) is 1.63. The maximum absolute atomic E-state index is 5.89. The van der Waals surface area contributed by atoms with Crippen molar-refractivity contribution in [2.75, 3.05) is 11.1 Å². The van der Waals surface area contributed by atoms with Gasteiger partial charge in [-0.05, 0) is 24.3 Å². The summed E-state index contributed by atoms with van der Waals surface area (Å²) in [5, 5.41) is 4.10. The summed E-state index contributed by atoms with van der Waals surface area (Å²) < 4.78 is 0. The number of aromatic nitrogens is 1. The Morgan fingerprint density at radius 1 is 1.06 bits per heavy atom. The van der Waals surface area contributed by atoms with Gasteiger partial charge in [-0.25, -0.2) is 4.98 Å². The first kappa shape index (κ1) is 11.0. The van der Waals surface area contributed by atoms with Crippen molar-refractivity contribution in [2.45, 2.75) is 0 Å². The molecule has 0 aliphatic heterocycles. The smallest absolute Gasteiger partial charge is 0.132 e. The Labute approximate surface area is 103 Å². The first-order chi connectivity index (χ1) is 7.65. The van der Waals surface area contributed by atoms with Crippen LogP contribution in [0.2, 0.25) is 10.0 Å². The van der Waals surface area contributed by atoms with Crippen LogP contribution in [0.5, 0.6) is 0 Å². The van der Waals surface area contributed by atoms with Crippen LogP contribution in [-0.4, -0.2) is 4.98 Å². The van der Waals surface area contributed by atoms with Gasteiger partial charge < -0.3 is 11.1 Å². The lowest BCUT2D eigenvalue weighted by molar-refractivity contribution is 1.31. The molecule has 0 fully saturated rings. The molecule has 0 spiro atoms. The first-order valence-corrected chi connectivity index (χ1v) is 5.34. The van der Waals surface area contributed by atoms with E-state index in [2.05, 4.69) is 10.3 Å². The number of benzene rings is 1. The van der Waals surface area contributed by atoms with Crippen molar-refractivity contribution in [3.63, 3.8) is 0 Å². The summed E-state index contributed by atoms with van der Waals surface area (Å²) in [6.45, 7) is 0. The first-order valence-electron chi connectivity index (χ1n) is 4.59.